The molecule has 1 aromatic carbocycles. The molecule has 0 aliphatic carbocycles. The topological polar surface area (TPSA) is 15.3 Å². The van der Waals surface area contributed by atoms with Gasteiger partial charge < -0.3 is 5.32 Å². The summed E-state index contributed by atoms with van der Waals surface area (Å²) >= 11 is 0. The molecule has 3 heteroatoms. The molecule has 2 heterocycles. The summed E-state index contributed by atoms with van der Waals surface area (Å²) in [6.45, 7) is 8.33. The minimum Gasteiger partial charge on any atom is -0.317 e. The summed E-state index contributed by atoms with van der Waals surface area (Å²) in [7, 11) is 0. The van der Waals surface area contributed by atoms with Gasteiger partial charge in [-0.05, 0) is 56.8 Å². The Kier molecular flexibility index (Phi) is 4.88. The Morgan fingerprint density at radius 2 is 1.79 bits per heavy atom. The van der Waals surface area contributed by atoms with Crippen LogP contribution in [0.5, 0.6) is 0 Å². The zero-order valence-corrected chi connectivity index (χ0v) is 12.6. The third kappa shape index (κ3) is 3.50. The van der Waals surface area contributed by atoms with Gasteiger partial charge in [0, 0.05) is 13.1 Å². The fourth-order valence-corrected chi connectivity index (χ4v) is 3.48. The van der Waals surface area contributed by atoms with Crippen molar-refractivity contribution in [3.05, 3.63) is 35.4 Å². The fourth-order valence-electron chi connectivity index (χ4n) is 3.48. The molecule has 0 amide bonds. The standard InChI is InChI=1S/C16H24N2.ClH/c1-14-2-4-15(5-3-14)12-18-11-8-16(13-18)6-9-17-10-7-16;/h2-5,17H,6-13H2,1H3;1H. The van der Waals surface area contributed by atoms with E-state index in [4.69, 9.17) is 0 Å². The number of rotatable bonds is 2. The highest BCUT2D eigenvalue weighted by Gasteiger charge is 2.38. The van der Waals surface area contributed by atoms with E-state index in [-0.39, 0.29) is 12.4 Å². The van der Waals surface area contributed by atoms with Crippen LogP contribution in [0.3, 0.4) is 0 Å². The Hall–Kier alpha value is -0.570. The number of benzene rings is 1. The van der Waals surface area contributed by atoms with Crippen molar-refractivity contribution in [1.29, 1.82) is 0 Å². The van der Waals surface area contributed by atoms with Crippen molar-refractivity contribution in [1.82, 2.24) is 10.2 Å². The highest BCUT2D eigenvalue weighted by molar-refractivity contribution is 5.85. The molecule has 2 fully saturated rings. The minimum atomic E-state index is 0. The van der Waals surface area contributed by atoms with E-state index in [1.807, 2.05) is 0 Å². The summed E-state index contributed by atoms with van der Waals surface area (Å²) < 4.78 is 0. The predicted molar refractivity (Wildman–Crippen MR) is 82.9 cm³/mol. The van der Waals surface area contributed by atoms with Gasteiger partial charge in [0.2, 0.25) is 0 Å². The Labute approximate surface area is 123 Å². The molecule has 3 rings (SSSR count). The van der Waals surface area contributed by atoms with Crippen LogP contribution in [0.25, 0.3) is 0 Å². The van der Waals surface area contributed by atoms with Crippen LogP contribution in [-0.4, -0.2) is 31.1 Å². The fraction of sp³-hybridized carbons (Fsp3) is 0.625. The number of nitrogens with zero attached hydrogens (tertiary/aromatic N) is 1. The maximum Gasteiger partial charge on any atom is 0.0233 e. The van der Waals surface area contributed by atoms with Crippen molar-refractivity contribution in [2.24, 2.45) is 5.41 Å². The lowest BCUT2D eigenvalue weighted by Gasteiger charge is -2.33. The molecule has 0 bridgehead atoms. The average molecular weight is 281 g/mol. The summed E-state index contributed by atoms with van der Waals surface area (Å²) in [5, 5.41) is 3.49. The van der Waals surface area contributed by atoms with Crippen LogP contribution in [-0.2, 0) is 6.54 Å². The van der Waals surface area contributed by atoms with E-state index in [9.17, 15) is 0 Å². The van der Waals surface area contributed by atoms with Crippen LogP contribution in [0.2, 0.25) is 0 Å². The van der Waals surface area contributed by atoms with Crippen LogP contribution < -0.4 is 5.32 Å². The van der Waals surface area contributed by atoms with Gasteiger partial charge in [0.1, 0.15) is 0 Å². The molecule has 1 spiro atoms. The molecular weight excluding hydrogens is 256 g/mol. The molecule has 0 radical (unpaired) electrons. The molecule has 0 unspecified atom stereocenters. The Morgan fingerprint density at radius 1 is 1.11 bits per heavy atom. The van der Waals surface area contributed by atoms with Gasteiger partial charge in [-0.2, -0.15) is 0 Å². The van der Waals surface area contributed by atoms with Gasteiger partial charge in [0.05, 0.1) is 0 Å². The summed E-state index contributed by atoms with van der Waals surface area (Å²) in [6, 6.07) is 9.02. The smallest absolute Gasteiger partial charge is 0.0233 e. The molecular formula is C16H25ClN2. The molecule has 2 saturated heterocycles. The van der Waals surface area contributed by atoms with Crippen LogP contribution >= 0.6 is 12.4 Å². The SMILES string of the molecule is Cc1ccc(CN2CCC3(CCNCC3)C2)cc1.Cl. The van der Waals surface area contributed by atoms with Crippen molar-refractivity contribution >= 4 is 12.4 Å². The summed E-state index contributed by atoms with van der Waals surface area (Å²) in [5.74, 6) is 0. The lowest BCUT2D eigenvalue weighted by Crippen LogP contribution is -2.38. The molecule has 0 atom stereocenters. The largest absolute Gasteiger partial charge is 0.317 e. The van der Waals surface area contributed by atoms with Crippen LogP contribution in [0.15, 0.2) is 24.3 Å². The molecule has 19 heavy (non-hydrogen) atoms. The molecule has 0 aromatic heterocycles. The second-order valence-electron chi connectivity index (χ2n) is 6.20. The van der Waals surface area contributed by atoms with Gasteiger partial charge in [-0.1, -0.05) is 29.8 Å². The highest BCUT2D eigenvalue weighted by atomic mass is 35.5. The number of aryl methyl sites for hydroxylation is 1. The quantitative estimate of drug-likeness (QED) is 0.896. The van der Waals surface area contributed by atoms with E-state index in [1.54, 1.807) is 0 Å². The van der Waals surface area contributed by atoms with Crippen molar-refractivity contribution < 1.29 is 0 Å². The van der Waals surface area contributed by atoms with E-state index >= 15 is 0 Å². The average Bonchev–Trinajstić information content (AvgIpc) is 2.76. The van der Waals surface area contributed by atoms with Crippen molar-refractivity contribution in [2.45, 2.75) is 32.7 Å². The van der Waals surface area contributed by atoms with E-state index in [0.29, 0.717) is 5.41 Å². The van der Waals surface area contributed by atoms with Crippen molar-refractivity contribution in [2.75, 3.05) is 26.2 Å². The van der Waals surface area contributed by atoms with Crippen molar-refractivity contribution in [3.63, 3.8) is 0 Å². The van der Waals surface area contributed by atoms with E-state index in [1.165, 1.54) is 56.6 Å². The van der Waals surface area contributed by atoms with Gasteiger partial charge >= 0.3 is 0 Å². The van der Waals surface area contributed by atoms with E-state index in [0.717, 1.165) is 6.54 Å². The van der Waals surface area contributed by atoms with Crippen LogP contribution in [0.4, 0.5) is 0 Å². The van der Waals surface area contributed by atoms with Gasteiger partial charge in [-0.3, -0.25) is 4.90 Å². The minimum absolute atomic E-state index is 0. The van der Waals surface area contributed by atoms with E-state index in [2.05, 4.69) is 41.4 Å². The van der Waals surface area contributed by atoms with Crippen LogP contribution in [0, 0.1) is 12.3 Å². The molecule has 2 aliphatic rings. The Morgan fingerprint density at radius 3 is 2.47 bits per heavy atom. The van der Waals surface area contributed by atoms with E-state index < -0.39 is 0 Å². The van der Waals surface area contributed by atoms with Gasteiger partial charge in [0.25, 0.3) is 0 Å². The molecule has 1 N–H and O–H groups in total. The van der Waals surface area contributed by atoms with Gasteiger partial charge in [-0.25, -0.2) is 0 Å². The number of likely N-dealkylation sites (tertiary alicyclic amines) is 1. The lowest BCUT2D eigenvalue weighted by atomic mass is 9.78. The Balaban J connectivity index is 0.00000133. The lowest BCUT2D eigenvalue weighted by molar-refractivity contribution is 0.194. The maximum absolute atomic E-state index is 3.49. The number of piperidine rings is 1. The first-order valence-electron chi connectivity index (χ1n) is 7.24. The number of halogens is 1. The number of hydrogen-bond donors (Lipinski definition) is 1. The van der Waals surface area contributed by atoms with Crippen LogP contribution in [0.1, 0.15) is 30.4 Å². The monoisotopic (exact) mass is 280 g/mol. The summed E-state index contributed by atoms with van der Waals surface area (Å²) in [4.78, 5) is 2.65. The van der Waals surface area contributed by atoms with Gasteiger partial charge in [-0.15, -0.1) is 12.4 Å². The first kappa shape index (κ1) is 14.8. The highest BCUT2D eigenvalue weighted by Crippen LogP contribution is 2.38. The zero-order valence-electron chi connectivity index (χ0n) is 11.8. The van der Waals surface area contributed by atoms with Gasteiger partial charge in [0.15, 0.2) is 0 Å². The third-order valence-corrected chi connectivity index (χ3v) is 4.71. The second kappa shape index (κ2) is 6.25. The molecule has 106 valence electrons. The maximum atomic E-state index is 3.49. The summed E-state index contributed by atoms with van der Waals surface area (Å²) in [6.07, 6.45) is 4.15. The molecule has 0 saturated carbocycles. The predicted octanol–water partition coefficient (Wildman–Crippen LogP) is 2.99. The molecule has 1 aromatic rings. The summed E-state index contributed by atoms with van der Waals surface area (Å²) in [5.41, 5.74) is 3.46. The first-order chi connectivity index (χ1) is 8.76. The molecule has 2 aliphatic heterocycles. The number of hydrogen-bond acceptors (Lipinski definition) is 2. The third-order valence-electron chi connectivity index (χ3n) is 4.71. The number of nitrogens with one attached hydrogen (secondary N) is 1. The molecule has 2 nitrogen and oxygen atoms in total. The normalized spacial score (nSPS) is 22.4. The van der Waals surface area contributed by atoms with Crippen molar-refractivity contribution in [3.8, 4) is 0 Å². The second-order valence-corrected chi connectivity index (χ2v) is 6.20. The Bertz CT molecular complexity index is 396. The zero-order chi connectivity index (χ0) is 12.4. The first-order valence-corrected chi connectivity index (χ1v) is 7.24.